The van der Waals surface area contributed by atoms with Crippen LogP contribution in [0.5, 0.6) is 0 Å². The molecule has 0 rings (SSSR count). The van der Waals surface area contributed by atoms with Gasteiger partial charge in [-0.1, -0.05) is 0 Å². The summed E-state index contributed by atoms with van der Waals surface area (Å²) in [5, 5.41) is 0. The van der Waals surface area contributed by atoms with Crippen LogP contribution >= 0.6 is 0 Å². The van der Waals surface area contributed by atoms with Crippen molar-refractivity contribution in [3.63, 3.8) is 0 Å². The summed E-state index contributed by atoms with van der Waals surface area (Å²) in [5.74, 6) is -0.273. The second kappa shape index (κ2) is 3.85. The minimum Gasteiger partial charge on any atom is -0.299 e. The highest BCUT2D eigenvalue weighted by atomic mass is 16.1. The van der Waals surface area contributed by atoms with Gasteiger partial charge in [0.25, 0.3) is 0 Å². The first kappa shape index (κ1) is 6.67. The lowest BCUT2D eigenvalue weighted by molar-refractivity contribution is -0.114. The topological polar surface area (TPSA) is 17.1 Å². The number of carbonyl (C=O) groups excluding carboxylic acids is 1. The molecule has 0 fully saturated rings. The number of Topliss-reactive ketones (excluding diaryl/α,β-unsaturated/α-hetero) is 1. The van der Waals surface area contributed by atoms with E-state index in [-0.39, 0.29) is 5.78 Å². The Morgan fingerprint density at radius 3 is 2.29 bits per heavy atom. The number of unbranched alkanes of at least 4 members (excludes halogenated alkanes) is 1. The van der Waals surface area contributed by atoms with Crippen molar-refractivity contribution in [2.24, 2.45) is 0 Å². The van der Waals surface area contributed by atoms with E-state index in [1.807, 2.05) is 0 Å². The van der Waals surface area contributed by atoms with E-state index < -0.39 is 0 Å². The van der Waals surface area contributed by atoms with Gasteiger partial charge in [0.2, 0.25) is 0 Å². The summed E-state index contributed by atoms with van der Waals surface area (Å²) in [6.45, 7) is 9.85. The summed E-state index contributed by atoms with van der Waals surface area (Å²) in [4.78, 5) is 9.92. The number of rotatable bonds is 3. The second-order valence-corrected chi connectivity index (χ2v) is 1.36. The molecule has 0 saturated carbocycles. The van der Waals surface area contributed by atoms with Gasteiger partial charge in [-0.25, -0.2) is 0 Å². The summed E-state index contributed by atoms with van der Waals surface area (Å²) in [5.41, 5.74) is 0. The fourth-order valence-corrected chi connectivity index (χ4v) is 0.276. The fraction of sp³-hybridized carbons (Fsp3) is 0.500. The molecule has 1 nitrogen and oxygen atoms in total. The van der Waals surface area contributed by atoms with Crippen molar-refractivity contribution in [1.29, 1.82) is 0 Å². The van der Waals surface area contributed by atoms with Gasteiger partial charge in [-0.05, 0) is 19.8 Å². The van der Waals surface area contributed by atoms with Crippen molar-refractivity contribution in [1.82, 2.24) is 0 Å². The minimum absolute atomic E-state index is 0.273. The third-order valence-electron chi connectivity index (χ3n) is 0.627. The molecule has 0 heterocycles. The second-order valence-electron chi connectivity index (χ2n) is 1.36. The van der Waals surface area contributed by atoms with Gasteiger partial charge in [0.15, 0.2) is 0 Å². The molecule has 0 aromatic rings. The summed E-state index contributed by atoms with van der Waals surface area (Å²) >= 11 is 0. The van der Waals surface area contributed by atoms with Gasteiger partial charge in [-0.2, -0.15) is 0 Å². The van der Waals surface area contributed by atoms with Crippen LogP contribution in [0.15, 0.2) is 0 Å². The highest BCUT2D eigenvalue weighted by molar-refractivity contribution is 5.82. The maximum absolute atomic E-state index is 9.92. The lowest BCUT2D eigenvalue weighted by Crippen LogP contribution is -1.87. The lowest BCUT2D eigenvalue weighted by atomic mass is 10.2. The molecule has 0 bridgehead atoms. The van der Waals surface area contributed by atoms with Gasteiger partial charge in [0, 0.05) is 13.3 Å². The zero-order chi connectivity index (χ0) is 5.70. The van der Waals surface area contributed by atoms with Crippen LogP contribution in [0.1, 0.15) is 19.3 Å². The lowest BCUT2D eigenvalue weighted by Gasteiger charge is -1.85. The summed E-state index contributed by atoms with van der Waals surface area (Å²) < 4.78 is 0. The predicted octanol–water partition coefficient (Wildman–Crippen LogP) is 1.15. The molecular weight excluding hydrogens is 88.1 g/mol. The molecule has 0 N–H and O–H groups in total. The average molecular weight is 96.1 g/mol. The van der Waals surface area contributed by atoms with E-state index >= 15 is 0 Å². The van der Waals surface area contributed by atoms with E-state index in [0.717, 1.165) is 0 Å². The normalized spacial score (nSPS) is 8.86. The molecule has 0 aliphatic carbocycles. The first-order chi connectivity index (χ1) is 3.27. The Kier molecular flexibility index (Phi) is 3.67. The molecule has 0 aliphatic rings. The summed E-state index contributed by atoms with van der Waals surface area (Å²) in [6.07, 6.45) is 1.66. The maximum Gasteiger partial charge on any atom is 0.137 e. The Labute approximate surface area is 44.7 Å². The van der Waals surface area contributed by atoms with Crippen LogP contribution in [0.3, 0.4) is 0 Å². The number of hydrogen-bond donors (Lipinski definition) is 0. The molecule has 0 aromatic heterocycles. The number of carbonyl (C=O) groups is 1. The molecule has 38 valence electrons. The standard InChI is InChI=1S/C6H8O/c1-3-4-5-6(2)7/h1-2H,3-5H2. The largest absolute Gasteiger partial charge is 0.299 e. The van der Waals surface area contributed by atoms with Gasteiger partial charge in [0.1, 0.15) is 5.78 Å². The Morgan fingerprint density at radius 1 is 1.57 bits per heavy atom. The quantitative estimate of drug-likeness (QED) is 0.515. The van der Waals surface area contributed by atoms with Crippen LogP contribution < -0.4 is 0 Å². The van der Waals surface area contributed by atoms with Crippen LogP contribution in [-0.2, 0) is 4.79 Å². The third kappa shape index (κ3) is 5.67. The smallest absolute Gasteiger partial charge is 0.137 e. The van der Waals surface area contributed by atoms with Crippen LogP contribution in [-0.4, -0.2) is 5.78 Å². The van der Waals surface area contributed by atoms with E-state index in [0.29, 0.717) is 19.3 Å². The summed E-state index contributed by atoms with van der Waals surface area (Å²) in [7, 11) is 0. The summed E-state index contributed by atoms with van der Waals surface area (Å²) in [6, 6.07) is 0. The van der Waals surface area contributed by atoms with Crippen LogP contribution in [0, 0.1) is 13.8 Å². The van der Waals surface area contributed by atoms with Crippen molar-refractivity contribution in [3.8, 4) is 0 Å². The maximum atomic E-state index is 9.92. The molecule has 7 heavy (non-hydrogen) atoms. The zero-order valence-electron chi connectivity index (χ0n) is 4.18. The van der Waals surface area contributed by atoms with Crippen molar-refractivity contribution >= 4 is 5.78 Å². The van der Waals surface area contributed by atoms with Gasteiger partial charge in [0.05, 0.1) is 0 Å². The highest BCUT2D eigenvalue weighted by Crippen LogP contribution is 1.91. The Bertz CT molecular complexity index is 57.2. The van der Waals surface area contributed by atoms with Crippen LogP contribution in [0.25, 0.3) is 0 Å². The Morgan fingerprint density at radius 2 is 2.14 bits per heavy atom. The van der Waals surface area contributed by atoms with E-state index in [9.17, 15) is 4.79 Å². The average Bonchev–Trinajstić information content (AvgIpc) is 1.61. The fourth-order valence-electron chi connectivity index (χ4n) is 0.276. The van der Waals surface area contributed by atoms with E-state index in [4.69, 9.17) is 13.8 Å². The van der Waals surface area contributed by atoms with Crippen molar-refractivity contribution in [2.45, 2.75) is 19.3 Å². The van der Waals surface area contributed by atoms with E-state index in [1.54, 1.807) is 0 Å². The SMILES string of the molecule is [CH]CCCC([CH])=O. The van der Waals surface area contributed by atoms with Crippen molar-refractivity contribution in [2.75, 3.05) is 0 Å². The Balaban J connectivity index is 2.82. The van der Waals surface area contributed by atoms with E-state index in [1.165, 1.54) is 0 Å². The first-order valence-electron chi connectivity index (χ1n) is 2.25. The van der Waals surface area contributed by atoms with Gasteiger partial charge in [-0.3, -0.25) is 4.79 Å². The molecular formula is C6H8O. The predicted molar refractivity (Wildman–Crippen MR) is 27.5 cm³/mol. The molecule has 0 amide bonds. The van der Waals surface area contributed by atoms with E-state index in [2.05, 4.69) is 0 Å². The van der Waals surface area contributed by atoms with Crippen LogP contribution in [0.2, 0.25) is 0 Å². The third-order valence-corrected chi connectivity index (χ3v) is 0.627. The number of hydrogen-bond acceptors (Lipinski definition) is 1. The monoisotopic (exact) mass is 96.1 g/mol. The van der Waals surface area contributed by atoms with Gasteiger partial charge >= 0.3 is 0 Å². The first-order valence-corrected chi connectivity index (χ1v) is 2.25. The molecule has 0 aromatic carbocycles. The molecule has 0 saturated heterocycles. The van der Waals surface area contributed by atoms with Crippen molar-refractivity contribution in [3.05, 3.63) is 13.8 Å². The van der Waals surface area contributed by atoms with Gasteiger partial charge < -0.3 is 0 Å². The molecule has 1 heteroatoms. The molecule has 0 aliphatic heterocycles. The van der Waals surface area contributed by atoms with Crippen LogP contribution in [0.4, 0.5) is 0 Å². The molecule has 4 radical (unpaired) electrons. The van der Waals surface area contributed by atoms with Gasteiger partial charge in [-0.15, -0.1) is 0 Å². The van der Waals surface area contributed by atoms with Crippen molar-refractivity contribution < 1.29 is 4.79 Å². The minimum atomic E-state index is -0.273. The number of ketones is 1. The zero-order valence-corrected chi connectivity index (χ0v) is 4.18. The molecule has 0 spiro atoms. The molecule has 0 unspecified atom stereocenters. The Hall–Kier alpha value is -0.330. The highest BCUT2D eigenvalue weighted by Gasteiger charge is 1.88. The molecule has 0 atom stereocenters.